The van der Waals surface area contributed by atoms with Gasteiger partial charge in [-0.05, 0) is 48.9 Å². The van der Waals surface area contributed by atoms with Crippen LogP contribution in [0, 0.1) is 12.7 Å². The van der Waals surface area contributed by atoms with Crippen LogP contribution in [0.2, 0.25) is 5.02 Å². The van der Waals surface area contributed by atoms with E-state index in [4.69, 9.17) is 16.7 Å². The maximum absolute atomic E-state index is 13.1. The Morgan fingerprint density at radius 1 is 1.21 bits per heavy atom. The molecule has 0 amide bonds. The van der Waals surface area contributed by atoms with E-state index < -0.39 is 21.8 Å². The third-order valence-electron chi connectivity index (χ3n) is 3.44. The van der Waals surface area contributed by atoms with Gasteiger partial charge in [0.15, 0.2) is 0 Å². The molecule has 0 aliphatic rings. The Bertz CT molecular complexity index is 853. The quantitative estimate of drug-likeness (QED) is 0.843. The van der Waals surface area contributed by atoms with E-state index in [0.29, 0.717) is 10.6 Å². The molecule has 128 valence electrons. The van der Waals surface area contributed by atoms with E-state index in [0.717, 1.165) is 28.6 Å². The van der Waals surface area contributed by atoms with E-state index in [1.165, 1.54) is 0 Å². The minimum Gasteiger partial charge on any atom is -0.481 e. The Hall–Kier alpha value is -2.12. The van der Waals surface area contributed by atoms with Gasteiger partial charge >= 0.3 is 5.97 Å². The smallest absolute Gasteiger partial charge is 0.305 e. The van der Waals surface area contributed by atoms with E-state index in [2.05, 4.69) is 0 Å². The van der Waals surface area contributed by atoms with Crippen molar-refractivity contribution >= 4 is 33.3 Å². The maximum atomic E-state index is 13.1. The highest BCUT2D eigenvalue weighted by Crippen LogP contribution is 2.31. The van der Waals surface area contributed by atoms with E-state index >= 15 is 0 Å². The van der Waals surface area contributed by atoms with E-state index in [-0.39, 0.29) is 23.5 Å². The van der Waals surface area contributed by atoms with Crippen LogP contribution >= 0.6 is 11.6 Å². The number of carbonyl (C=O) groups is 1. The topological polar surface area (TPSA) is 74.7 Å². The van der Waals surface area contributed by atoms with Crippen molar-refractivity contribution in [2.45, 2.75) is 18.2 Å². The van der Waals surface area contributed by atoms with Crippen LogP contribution in [0.4, 0.5) is 10.1 Å². The minimum absolute atomic E-state index is 0.131. The maximum Gasteiger partial charge on any atom is 0.305 e. The Balaban J connectivity index is 2.55. The van der Waals surface area contributed by atoms with Crippen LogP contribution in [0.25, 0.3) is 0 Å². The Morgan fingerprint density at radius 3 is 2.42 bits per heavy atom. The number of hydrogen-bond acceptors (Lipinski definition) is 3. The molecule has 0 aliphatic carbocycles. The van der Waals surface area contributed by atoms with Gasteiger partial charge in [0, 0.05) is 11.6 Å². The van der Waals surface area contributed by atoms with Gasteiger partial charge in [0.25, 0.3) is 10.0 Å². The molecule has 24 heavy (non-hydrogen) atoms. The second-order valence-corrected chi connectivity index (χ2v) is 7.33. The standard InChI is InChI=1S/C16H15ClFNO4S/c1-11-14(17)3-2-4-15(11)19(10-9-16(20)21)24(22,23)13-7-5-12(18)6-8-13/h2-8H,9-10H2,1H3,(H,20,21). The third-order valence-corrected chi connectivity index (χ3v) is 5.68. The van der Waals surface area contributed by atoms with Crippen molar-refractivity contribution in [3.8, 4) is 0 Å². The first-order chi connectivity index (χ1) is 11.2. The lowest BCUT2D eigenvalue weighted by Gasteiger charge is -2.26. The average Bonchev–Trinajstić information content (AvgIpc) is 2.51. The molecule has 0 saturated carbocycles. The van der Waals surface area contributed by atoms with Gasteiger partial charge in [-0.1, -0.05) is 17.7 Å². The number of anilines is 1. The molecule has 2 aromatic rings. The highest BCUT2D eigenvalue weighted by Gasteiger charge is 2.27. The number of hydrogen-bond donors (Lipinski definition) is 1. The second kappa shape index (κ2) is 7.19. The SMILES string of the molecule is Cc1c(Cl)cccc1N(CCC(=O)O)S(=O)(=O)c1ccc(F)cc1. The number of carboxylic acid groups (broad SMARTS) is 1. The zero-order valence-electron chi connectivity index (χ0n) is 12.7. The number of halogens is 2. The predicted octanol–water partition coefficient (Wildman–Crippen LogP) is 3.46. The van der Waals surface area contributed by atoms with Crippen LogP contribution < -0.4 is 4.31 Å². The molecule has 0 aromatic heterocycles. The molecule has 0 atom stereocenters. The molecule has 0 bridgehead atoms. The molecular weight excluding hydrogens is 357 g/mol. The molecular formula is C16H15ClFNO4S. The molecule has 0 unspecified atom stereocenters. The minimum atomic E-state index is -4.06. The highest BCUT2D eigenvalue weighted by molar-refractivity contribution is 7.92. The molecule has 0 fully saturated rings. The van der Waals surface area contributed by atoms with Gasteiger partial charge < -0.3 is 5.11 Å². The molecule has 5 nitrogen and oxygen atoms in total. The zero-order valence-corrected chi connectivity index (χ0v) is 14.3. The molecule has 8 heteroatoms. The fraction of sp³-hybridized carbons (Fsp3) is 0.188. The number of rotatable bonds is 6. The van der Waals surface area contributed by atoms with Crippen LogP contribution in [-0.4, -0.2) is 26.0 Å². The molecule has 0 radical (unpaired) electrons. The normalized spacial score (nSPS) is 11.3. The Labute approximate surface area is 144 Å². The predicted molar refractivity (Wildman–Crippen MR) is 89.4 cm³/mol. The van der Waals surface area contributed by atoms with Crippen LogP contribution in [0.15, 0.2) is 47.4 Å². The van der Waals surface area contributed by atoms with Gasteiger partial charge in [-0.25, -0.2) is 12.8 Å². The monoisotopic (exact) mass is 371 g/mol. The lowest BCUT2D eigenvalue weighted by molar-refractivity contribution is -0.136. The summed E-state index contributed by atoms with van der Waals surface area (Å²) in [6.45, 7) is 1.38. The van der Waals surface area contributed by atoms with E-state index in [1.807, 2.05) is 0 Å². The third kappa shape index (κ3) is 3.85. The number of aliphatic carboxylic acids is 1. The van der Waals surface area contributed by atoms with Gasteiger partial charge in [0.2, 0.25) is 0 Å². The first-order valence-electron chi connectivity index (χ1n) is 6.98. The first kappa shape index (κ1) is 18.2. The number of sulfonamides is 1. The van der Waals surface area contributed by atoms with Crippen LogP contribution in [0.1, 0.15) is 12.0 Å². The van der Waals surface area contributed by atoms with Crippen molar-refractivity contribution in [3.63, 3.8) is 0 Å². The number of carboxylic acids is 1. The summed E-state index contributed by atoms with van der Waals surface area (Å²) in [7, 11) is -4.06. The van der Waals surface area contributed by atoms with Crippen molar-refractivity contribution in [1.29, 1.82) is 0 Å². The Kier molecular flexibility index (Phi) is 5.46. The largest absolute Gasteiger partial charge is 0.481 e. The van der Waals surface area contributed by atoms with Crippen LogP contribution in [-0.2, 0) is 14.8 Å². The summed E-state index contributed by atoms with van der Waals surface area (Å²) in [4.78, 5) is 10.8. The molecule has 1 N–H and O–H groups in total. The summed E-state index contributed by atoms with van der Waals surface area (Å²) < 4.78 is 39.8. The average molecular weight is 372 g/mol. The van der Waals surface area contributed by atoms with Gasteiger partial charge in [0.1, 0.15) is 5.82 Å². The molecule has 0 heterocycles. The number of nitrogens with zero attached hydrogens (tertiary/aromatic N) is 1. The van der Waals surface area contributed by atoms with Gasteiger partial charge in [-0.15, -0.1) is 0 Å². The van der Waals surface area contributed by atoms with E-state index in [9.17, 15) is 17.6 Å². The Morgan fingerprint density at radius 2 is 1.83 bits per heavy atom. The highest BCUT2D eigenvalue weighted by atomic mass is 35.5. The van der Waals surface area contributed by atoms with Crippen molar-refractivity contribution in [2.75, 3.05) is 10.8 Å². The molecule has 2 aromatic carbocycles. The van der Waals surface area contributed by atoms with E-state index in [1.54, 1.807) is 25.1 Å². The lowest BCUT2D eigenvalue weighted by atomic mass is 10.2. The fourth-order valence-electron chi connectivity index (χ4n) is 2.17. The summed E-state index contributed by atoms with van der Waals surface area (Å²) in [5.41, 5.74) is 0.795. The molecule has 0 aliphatic heterocycles. The summed E-state index contributed by atoms with van der Waals surface area (Å²) in [5.74, 6) is -1.70. The molecule has 0 saturated heterocycles. The summed E-state index contributed by atoms with van der Waals surface area (Å²) in [5, 5.41) is 9.27. The lowest BCUT2D eigenvalue weighted by Crippen LogP contribution is -2.33. The van der Waals surface area contributed by atoms with Crippen LogP contribution in [0.5, 0.6) is 0 Å². The fourth-order valence-corrected chi connectivity index (χ4v) is 3.86. The van der Waals surface area contributed by atoms with Gasteiger partial charge in [-0.2, -0.15) is 0 Å². The van der Waals surface area contributed by atoms with Crippen molar-refractivity contribution in [3.05, 3.63) is 58.9 Å². The summed E-state index contributed by atoms with van der Waals surface area (Å²) >= 11 is 6.05. The second-order valence-electron chi connectivity index (χ2n) is 5.06. The first-order valence-corrected chi connectivity index (χ1v) is 8.80. The zero-order chi connectivity index (χ0) is 17.9. The number of benzene rings is 2. The van der Waals surface area contributed by atoms with Crippen molar-refractivity contribution in [2.24, 2.45) is 0 Å². The van der Waals surface area contributed by atoms with Gasteiger partial charge in [-0.3, -0.25) is 9.10 Å². The summed E-state index contributed by atoms with van der Waals surface area (Å²) in [6.07, 6.45) is -0.383. The molecule has 0 spiro atoms. The molecule has 2 rings (SSSR count). The van der Waals surface area contributed by atoms with Crippen molar-refractivity contribution in [1.82, 2.24) is 0 Å². The van der Waals surface area contributed by atoms with Gasteiger partial charge in [0.05, 0.1) is 17.0 Å². The van der Waals surface area contributed by atoms with Crippen molar-refractivity contribution < 1.29 is 22.7 Å². The van der Waals surface area contributed by atoms with Crippen LogP contribution in [0.3, 0.4) is 0 Å². The summed E-state index contributed by atoms with van der Waals surface area (Å²) in [6, 6.07) is 9.08.